The number of ether oxygens (including phenoxy) is 1. The van der Waals surface area contributed by atoms with Crippen LogP contribution in [0.5, 0.6) is 5.75 Å². The summed E-state index contributed by atoms with van der Waals surface area (Å²) in [6, 6.07) is 11.6. The van der Waals surface area contributed by atoms with Gasteiger partial charge in [-0.05, 0) is 18.1 Å². The van der Waals surface area contributed by atoms with E-state index in [1.165, 1.54) is 6.07 Å². The molecule has 4 heteroatoms. The minimum Gasteiger partial charge on any atom is -0.486 e. The average molecular weight is 275 g/mol. The molecule has 1 saturated carbocycles. The van der Waals surface area contributed by atoms with Crippen molar-refractivity contribution < 1.29 is 13.5 Å². The van der Waals surface area contributed by atoms with Gasteiger partial charge in [-0.1, -0.05) is 30.3 Å². The predicted octanol–water partition coefficient (Wildman–Crippen LogP) is 3.36. The first-order valence-corrected chi connectivity index (χ1v) is 6.56. The molecule has 1 fully saturated rings. The molecule has 0 spiro atoms. The largest absolute Gasteiger partial charge is 0.486 e. The van der Waals surface area contributed by atoms with Crippen molar-refractivity contribution in [3.8, 4) is 5.75 Å². The predicted molar refractivity (Wildman–Crippen MR) is 72.5 cm³/mol. The van der Waals surface area contributed by atoms with Gasteiger partial charge in [0.15, 0.2) is 11.6 Å². The monoisotopic (exact) mass is 275 g/mol. The van der Waals surface area contributed by atoms with E-state index < -0.39 is 11.6 Å². The van der Waals surface area contributed by atoms with Crippen LogP contribution in [-0.2, 0) is 6.61 Å². The molecule has 1 aliphatic carbocycles. The smallest absolute Gasteiger partial charge is 0.168 e. The van der Waals surface area contributed by atoms with Gasteiger partial charge < -0.3 is 10.5 Å². The van der Waals surface area contributed by atoms with Gasteiger partial charge in [0.25, 0.3) is 0 Å². The average Bonchev–Trinajstić information content (AvgIpc) is 3.15. The second-order valence-corrected chi connectivity index (χ2v) is 5.09. The van der Waals surface area contributed by atoms with E-state index in [4.69, 9.17) is 10.5 Å². The van der Waals surface area contributed by atoms with E-state index in [9.17, 15) is 8.78 Å². The summed E-state index contributed by atoms with van der Waals surface area (Å²) in [7, 11) is 0. The maximum atomic E-state index is 13.9. The first-order chi connectivity index (χ1) is 9.65. The van der Waals surface area contributed by atoms with Crippen molar-refractivity contribution in [2.45, 2.75) is 25.0 Å². The van der Waals surface area contributed by atoms with Crippen LogP contribution in [0.15, 0.2) is 42.5 Å². The Morgan fingerprint density at radius 1 is 1.15 bits per heavy atom. The molecular weight excluding hydrogens is 260 g/mol. The van der Waals surface area contributed by atoms with Crippen LogP contribution < -0.4 is 10.5 Å². The van der Waals surface area contributed by atoms with Gasteiger partial charge in [0.1, 0.15) is 12.4 Å². The molecule has 0 aromatic heterocycles. The quantitative estimate of drug-likeness (QED) is 0.928. The van der Waals surface area contributed by atoms with Crippen LogP contribution in [0.4, 0.5) is 8.78 Å². The standard InChI is InChI=1S/C16H15F2NO/c17-11-6-13(12-8-15(12)19)16(14(18)7-11)20-9-10-4-2-1-3-5-10/h1-7,12,15H,8-9,19H2/t12-,15+/m1/s1. The van der Waals surface area contributed by atoms with Crippen LogP contribution in [0.3, 0.4) is 0 Å². The van der Waals surface area contributed by atoms with Crippen molar-refractivity contribution in [1.82, 2.24) is 0 Å². The first kappa shape index (κ1) is 13.1. The summed E-state index contributed by atoms with van der Waals surface area (Å²) in [5.74, 6) is -1.15. The Morgan fingerprint density at radius 2 is 1.85 bits per heavy atom. The molecule has 0 bridgehead atoms. The lowest BCUT2D eigenvalue weighted by atomic mass is 10.1. The zero-order valence-corrected chi connectivity index (χ0v) is 10.9. The Hall–Kier alpha value is -1.94. The van der Waals surface area contributed by atoms with Gasteiger partial charge in [-0.3, -0.25) is 0 Å². The van der Waals surface area contributed by atoms with Crippen LogP contribution >= 0.6 is 0 Å². The fraction of sp³-hybridized carbons (Fsp3) is 0.250. The fourth-order valence-electron chi connectivity index (χ4n) is 2.31. The number of benzene rings is 2. The molecule has 2 N–H and O–H groups in total. The molecule has 0 heterocycles. The SMILES string of the molecule is N[C@H]1C[C@@H]1c1cc(F)cc(F)c1OCc1ccccc1. The fourth-order valence-corrected chi connectivity index (χ4v) is 2.31. The molecule has 2 aromatic carbocycles. The van der Waals surface area contributed by atoms with Crippen molar-refractivity contribution in [1.29, 1.82) is 0 Å². The summed E-state index contributed by atoms with van der Waals surface area (Å²) in [5, 5.41) is 0. The minimum atomic E-state index is -0.671. The van der Waals surface area contributed by atoms with Crippen LogP contribution in [0, 0.1) is 11.6 Å². The molecule has 0 aliphatic heterocycles. The zero-order chi connectivity index (χ0) is 14.1. The van der Waals surface area contributed by atoms with Crippen molar-refractivity contribution >= 4 is 0 Å². The Balaban J connectivity index is 1.85. The molecule has 2 aromatic rings. The van der Waals surface area contributed by atoms with Crippen LogP contribution in [0.1, 0.15) is 23.5 Å². The third-order valence-corrected chi connectivity index (χ3v) is 3.50. The lowest BCUT2D eigenvalue weighted by Gasteiger charge is -2.12. The highest BCUT2D eigenvalue weighted by Crippen LogP contribution is 2.44. The molecule has 1 aliphatic rings. The molecule has 20 heavy (non-hydrogen) atoms. The first-order valence-electron chi connectivity index (χ1n) is 6.56. The minimum absolute atomic E-state index is 0.00836. The molecule has 104 valence electrons. The molecule has 0 amide bonds. The third kappa shape index (κ3) is 2.65. The molecule has 0 unspecified atom stereocenters. The summed E-state index contributed by atoms with van der Waals surface area (Å²) < 4.78 is 32.8. The molecule has 3 rings (SSSR count). The summed E-state index contributed by atoms with van der Waals surface area (Å²) in [5.41, 5.74) is 7.24. The van der Waals surface area contributed by atoms with E-state index in [0.717, 1.165) is 18.1 Å². The molecule has 2 nitrogen and oxygen atoms in total. The van der Waals surface area contributed by atoms with Gasteiger partial charge in [0.2, 0.25) is 0 Å². The van der Waals surface area contributed by atoms with E-state index in [0.29, 0.717) is 5.56 Å². The van der Waals surface area contributed by atoms with E-state index in [1.54, 1.807) is 0 Å². The van der Waals surface area contributed by atoms with E-state index >= 15 is 0 Å². The topological polar surface area (TPSA) is 35.2 Å². The van der Waals surface area contributed by atoms with Gasteiger partial charge in [-0.25, -0.2) is 8.78 Å². The second-order valence-electron chi connectivity index (χ2n) is 5.09. The highest BCUT2D eigenvalue weighted by atomic mass is 19.1. The maximum absolute atomic E-state index is 13.9. The summed E-state index contributed by atoms with van der Waals surface area (Å²) in [4.78, 5) is 0. The van der Waals surface area contributed by atoms with Gasteiger partial charge in [0, 0.05) is 23.6 Å². The van der Waals surface area contributed by atoms with Gasteiger partial charge in [-0.2, -0.15) is 0 Å². The highest BCUT2D eigenvalue weighted by Gasteiger charge is 2.38. The van der Waals surface area contributed by atoms with Gasteiger partial charge in [0.05, 0.1) is 0 Å². The highest BCUT2D eigenvalue weighted by molar-refractivity contribution is 5.42. The molecule has 0 radical (unpaired) electrons. The summed E-state index contributed by atoms with van der Waals surface area (Å²) in [6.45, 7) is 0.248. The maximum Gasteiger partial charge on any atom is 0.168 e. The van der Waals surface area contributed by atoms with Crippen LogP contribution in [0.2, 0.25) is 0 Å². The van der Waals surface area contributed by atoms with E-state index in [2.05, 4.69) is 0 Å². The Kier molecular flexibility index (Phi) is 3.40. The third-order valence-electron chi connectivity index (χ3n) is 3.50. The lowest BCUT2D eigenvalue weighted by Crippen LogP contribution is -2.05. The van der Waals surface area contributed by atoms with Crippen LogP contribution in [-0.4, -0.2) is 6.04 Å². The van der Waals surface area contributed by atoms with Crippen molar-refractivity contribution in [2.24, 2.45) is 5.73 Å². The second kappa shape index (κ2) is 5.21. The van der Waals surface area contributed by atoms with Crippen LogP contribution in [0.25, 0.3) is 0 Å². The van der Waals surface area contributed by atoms with E-state index in [-0.39, 0.29) is 24.3 Å². The zero-order valence-electron chi connectivity index (χ0n) is 10.9. The molecular formula is C16H15F2NO. The number of rotatable bonds is 4. The van der Waals surface area contributed by atoms with Crippen molar-refractivity contribution in [2.75, 3.05) is 0 Å². The Bertz CT molecular complexity index is 615. The number of hydrogen-bond donors (Lipinski definition) is 1. The van der Waals surface area contributed by atoms with Crippen molar-refractivity contribution in [3.63, 3.8) is 0 Å². The number of halogens is 2. The summed E-state index contributed by atoms with van der Waals surface area (Å²) >= 11 is 0. The Labute approximate surface area is 116 Å². The molecule has 0 saturated heterocycles. The Morgan fingerprint density at radius 3 is 2.50 bits per heavy atom. The van der Waals surface area contributed by atoms with Gasteiger partial charge in [-0.15, -0.1) is 0 Å². The molecule has 2 atom stereocenters. The number of nitrogens with two attached hydrogens (primary N) is 1. The summed E-state index contributed by atoms with van der Waals surface area (Å²) in [6.07, 6.45) is 0.741. The van der Waals surface area contributed by atoms with E-state index in [1.807, 2.05) is 30.3 Å². The van der Waals surface area contributed by atoms with Crippen molar-refractivity contribution in [3.05, 3.63) is 65.2 Å². The number of hydrogen-bond acceptors (Lipinski definition) is 2. The lowest BCUT2D eigenvalue weighted by molar-refractivity contribution is 0.285. The van der Waals surface area contributed by atoms with Gasteiger partial charge >= 0.3 is 0 Å². The normalized spacial score (nSPS) is 20.8.